The number of para-hydroxylation sites is 1. The molecule has 1 saturated heterocycles. The number of hydrogen-bond acceptors (Lipinski definition) is 6. The average Bonchev–Trinajstić information content (AvgIpc) is 3.45. The first kappa shape index (κ1) is 27.3. The Morgan fingerprint density at radius 2 is 2.00 bits per heavy atom. The van der Waals surface area contributed by atoms with Crippen LogP contribution in [0, 0.1) is 12.8 Å². The van der Waals surface area contributed by atoms with Crippen LogP contribution in [-0.4, -0.2) is 61.2 Å². The topological polar surface area (TPSA) is 89.9 Å². The molecular weight excluding hydrogens is 496 g/mol. The lowest BCUT2D eigenvalue weighted by Crippen LogP contribution is -2.29. The number of benzene rings is 2. The molecule has 0 spiro atoms. The maximum atomic E-state index is 13.0. The zero-order valence-electron chi connectivity index (χ0n) is 21.7. The molecule has 204 valence electrons. The van der Waals surface area contributed by atoms with Gasteiger partial charge in [-0.15, -0.1) is 5.10 Å². The highest BCUT2D eigenvalue weighted by atomic mass is 19.3. The van der Waals surface area contributed by atoms with Crippen LogP contribution >= 0.6 is 0 Å². The van der Waals surface area contributed by atoms with E-state index in [-0.39, 0.29) is 12.3 Å². The van der Waals surface area contributed by atoms with Crippen molar-refractivity contribution in [1.82, 2.24) is 20.0 Å². The quantitative estimate of drug-likeness (QED) is 0.378. The van der Waals surface area contributed by atoms with Gasteiger partial charge in [-0.1, -0.05) is 24.3 Å². The molecule has 0 saturated carbocycles. The van der Waals surface area contributed by atoms with E-state index in [1.807, 2.05) is 37.3 Å². The molecule has 0 bridgehead atoms. The smallest absolute Gasteiger partial charge is 0.387 e. The standard InChI is InChI=1S/C27H33F2N5O4/c1-18-24(31-27(35)30-14-21-13-19(16-36-3)9-10-23(21)38-26(28)29)34(22-7-5-4-6-8-22)32-25(18)37-17-20-11-12-33(2)15-20/h4-10,13,20,26H,11-12,14-17H2,1-3H3,(H2,30,31,35). The van der Waals surface area contributed by atoms with Gasteiger partial charge in [0, 0.05) is 31.7 Å². The predicted octanol–water partition coefficient (Wildman–Crippen LogP) is 4.58. The van der Waals surface area contributed by atoms with Gasteiger partial charge in [0.05, 0.1) is 24.5 Å². The normalized spacial score (nSPS) is 15.6. The summed E-state index contributed by atoms with van der Waals surface area (Å²) in [7, 11) is 3.63. The first-order chi connectivity index (χ1) is 18.3. The van der Waals surface area contributed by atoms with Gasteiger partial charge in [-0.25, -0.2) is 9.48 Å². The second-order valence-corrected chi connectivity index (χ2v) is 9.32. The molecule has 38 heavy (non-hydrogen) atoms. The van der Waals surface area contributed by atoms with Gasteiger partial charge in [-0.05, 0) is 56.8 Å². The second-order valence-electron chi connectivity index (χ2n) is 9.32. The lowest BCUT2D eigenvalue weighted by Gasteiger charge is -2.14. The number of anilines is 1. The fourth-order valence-corrected chi connectivity index (χ4v) is 4.44. The number of nitrogens with one attached hydrogen (secondary N) is 2. The van der Waals surface area contributed by atoms with Crippen LogP contribution in [0.15, 0.2) is 48.5 Å². The summed E-state index contributed by atoms with van der Waals surface area (Å²) in [6, 6.07) is 13.6. The average molecular weight is 530 g/mol. The zero-order chi connectivity index (χ0) is 27.1. The number of hydrogen-bond donors (Lipinski definition) is 2. The largest absolute Gasteiger partial charge is 0.476 e. The number of aromatic nitrogens is 2. The maximum Gasteiger partial charge on any atom is 0.387 e. The minimum absolute atomic E-state index is 0.0149. The number of urea groups is 1. The number of methoxy groups -OCH3 is 1. The molecule has 4 rings (SSSR count). The van der Waals surface area contributed by atoms with Crippen molar-refractivity contribution in [3.8, 4) is 17.3 Å². The number of carbonyl (C=O) groups excluding carboxylic acids is 1. The van der Waals surface area contributed by atoms with E-state index in [2.05, 4.69) is 32.4 Å². The van der Waals surface area contributed by atoms with Gasteiger partial charge in [0.1, 0.15) is 11.6 Å². The molecule has 1 unspecified atom stereocenters. The molecule has 2 heterocycles. The second kappa shape index (κ2) is 12.7. The Balaban J connectivity index is 1.50. The van der Waals surface area contributed by atoms with Crippen molar-refractivity contribution < 1.29 is 27.8 Å². The van der Waals surface area contributed by atoms with Gasteiger partial charge in [-0.3, -0.25) is 5.32 Å². The highest BCUT2D eigenvalue weighted by Gasteiger charge is 2.23. The Morgan fingerprint density at radius 3 is 2.68 bits per heavy atom. The van der Waals surface area contributed by atoms with Crippen LogP contribution in [0.25, 0.3) is 5.69 Å². The number of likely N-dealkylation sites (tertiary alicyclic amines) is 1. The predicted molar refractivity (Wildman–Crippen MR) is 139 cm³/mol. The molecule has 2 amide bonds. The van der Waals surface area contributed by atoms with E-state index >= 15 is 0 Å². The molecule has 9 nitrogen and oxygen atoms in total. The van der Waals surface area contributed by atoms with E-state index in [4.69, 9.17) is 9.47 Å². The summed E-state index contributed by atoms with van der Waals surface area (Å²) >= 11 is 0. The summed E-state index contributed by atoms with van der Waals surface area (Å²) in [4.78, 5) is 15.2. The van der Waals surface area contributed by atoms with Gasteiger partial charge in [0.25, 0.3) is 0 Å². The third-order valence-corrected chi connectivity index (χ3v) is 6.35. The summed E-state index contributed by atoms with van der Waals surface area (Å²) in [6.07, 6.45) is 1.06. The number of amides is 2. The number of halogens is 2. The van der Waals surface area contributed by atoms with Crippen LogP contribution in [0.4, 0.5) is 19.4 Å². The summed E-state index contributed by atoms with van der Waals surface area (Å²) in [5.74, 6) is 1.29. The summed E-state index contributed by atoms with van der Waals surface area (Å²) in [6.45, 7) is 1.65. The van der Waals surface area contributed by atoms with E-state index in [1.54, 1.807) is 16.8 Å². The van der Waals surface area contributed by atoms with Crippen LogP contribution in [0.2, 0.25) is 0 Å². The molecule has 1 fully saturated rings. The van der Waals surface area contributed by atoms with E-state index < -0.39 is 12.6 Å². The van der Waals surface area contributed by atoms with E-state index in [0.29, 0.717) is 42.0 Å². The summed E-state index contributed by atoms with van der Waals surface area (Å²) in [5, 5.41) is 10.2. The minimum Gasteiger partial charge on any atom is -0.476 e. The molecule has 2 N–H and O–H groups in total. The van der Waals surface area contributed by atoms with Crippen LogP contribution in [0.3, 0.4) is 0 Å². The van der Waals surface area contributed by atoms with Gasteiger partial charge in [0.2, 0.25) is 5.88 Å². The first-order valence-corrected chi connectivity index (χ1v) is 12.4. The molecule has 1 aromatic heterocycles. The molecule has 1 atom stereocenters. The highest BCUT2D eigenvalue weighted by molar-refractivity contribution is 5.89. The molecule has 1 aliphatic rings. The lowest BCUT2D eigenvalue weighted by molar-refractivity contribution is -0.0504. The zero-order valence-corrected chi connectivity index (χ0v) is 21.7. The molecule has 3 aromatic rings. The van der Waals surface area contributed by atoms with Gasteiger partial charge >= 0.3 is 12.6 Å². The molecule has 2 aromatic carbocycles. The molecule has 1 aliphatic heterocycles. The van der Waals surface area contributed by atoms with E-state index in [1.165, 1.54) is 13.2 Å². The number of alkyl halides is 2. The maximum absolute atomic E-state index is 13.0. The van der Waals surface area contributed by atoms with Crippen molar-refractivity contribution in [3.63, 3.8) is 0 Å². The minimum atomic E-state index is -2.98. The van der Waals surface area contributed by atoms with E-state index in [9.17, 15) is 13.6 Å². The van der Waals surface area contributed by atoms with Crippen molar-refractivity contribution in [3.05, 3.63) is 65.2 Å². The van der Waals surface area contributed by atoms with Crippen LogP contribution in [0.1, 0.15) is 23.1 Å². The number of rotatable bonds is 11. The number of nitrogens with zero attached hydrogens (tertiary/aromatic N) is 3. The number of ether oxygens (including phenoxy) is 3. The Morgan fingerprint density at radius 1 is 1.21 bits per heavy atom. The van der Waals surface area contributed by atoms with Gasteiger partial charge < -0.3 is 24.4 Å². The van der Waals surface area contributed by atoms with Crippen molar-refractivity contribution in [2.24, 2.45) is 5.92 Å². The summed E-state index contributed by atoms with van der Waals surface area (Å²) in [5.41, 5.74) is 2.59. The molecule has 0 radical (unpaired) electrons. The van der Waals surface area contributed by atoms with Crippen LogP contribution < -0.4 is 20.1 Å². The Labute approximate surface area is 220 Å². The Bertz CT molecular complexity index is 1220. The summed E-state index contributed by atoms with van der Waals surface area (Å²) < 4.78 is 43.2. The Kier molecular flexibility index (Phi) is 9.14. The first-order valence-electron chi connectivity index (χ1n) is 12.4. The van der Waals surface area contributed by atoms with Crippen molar-refractivity contribution in [1.29, 1.82) is 0 Å². The van der Waals surface area contributed by atoms with Crippen molar-refractivity contribution in [2.75, 3.05) is 39.2 Å². The van der Waals surface area contributed by atoms with Gasteiger partial charge in [-0.2, -0.15) is 8.78 Å². The van der Waals surface area contributed by atoms with Gasteiger partial charge in [0.15, 0.2) is 0 Å². The molecule has 0 aliphatic carbocycles. The highest BCUT2D eigenvalue weighted by Crippen LogP contribution is 2.29. The van der Waals surface area contributed by atoms with Crippen LogP contribution in [0.5, 0.6) is 11.6 Å². The fraction of sp³-hybridized carbons (Fsp3) is 0.407. The third kappa shape index (κ3) is 6.99. The lowest BCUT2D eigenvalue weighted by atomic mass is 10.1. The number of carbonyl (C=O) groups is 1. The third-order valence-electron chi connectivity index (χ3n) is 6.35. The van der Waals surface area contributed by atoms with Crippen molar-refractivity contribution in [2.45, 2.75) is 33.1 Å². The van der Waals surface area contributed by atoms with Crippen LogP contribution in [-0.2, 0) is 17.9 Å². The SMILES string of the molecule is COCc1ccc(OC(F)F)c(CNC(=O)Nc2c(C)c(OCC3CCN(C)C3)nn2-c2ccccc2)c1. The Hall–Kier alpha value is -3.70. The molecule has 11 heteroatoms. The van der Waals surface area contributed by atoms with Crippen molar-refractivity contribution >= 4 is 11.8 Å². The van der Waals surface area contributed by atoms with E-state index in [0.717, 1.165) is 30.8 Å². The fourth-order valence-electron chi connectivity index (χ4n) is 4.44. The molecular formula is C27H33F2N5O4. The monoisotopic (exact) mass is 529 g/mol.